The SMILES string of the molecule is CCCN(CCn1cc(C(=O)NN)nn1)CC(=O)NC. The second kappa shape index (κ2) is 8.23. The number of carbonyl (C=O) groups is 2. The summed E-state index contributed by atoms with van der Waals surface area (Å²) in [5.74, 6) is 4.51. The molecule has 0 saturated carbocycles. The van der Waals surface area contributed by atoms with Crippen molar-refractivity contribution in [3.8, 4) is 0 Å². The second-order valence-electron chi connectivity index (χ2n) is 4.29. The zero-order chi connectivity index (χ0) is 15.0. The Balaban J connectivity index is 2.51. The van der Waals surface area contributed by atoms with Gasteiger partial charge < -0.3 is 5.32 Å². The zero-order valence-electron chi connectivity index (χ0n) is 11.8. The average molecular weight is 283 g/mol. The van der Waals surface area contributed by atoms with Gasteiger partial charge in [-0.15, -0.1) is 5.10 Å². The van der Waals surface area contributed by atoms with E-state index in [-0.39, 0.29) is 11.6 Å². The molecule has 0 aliphatic carbocycles. The molecular weight excluding hydrogens is 262 g/mol. The third-order valence-electron chi connectivity index (χ3n) is 2.73. The quantitative estimate of drug-likeness (QED) is 0.298. The van der Waals surface area contributed by atoms with Crippen molar-refractivity contribution in [1.82, 2.24) is 30.6 Å². The zero-order valence-corrected chi connectivity index (χ0v) is 11.8. The number of nitrogen functional groups attached to an aromatic ring is 1. The van der Waals surface area contributed by atoms with Gasteiger partial charge in [-0.25, -0.2) is 5.84 Å². The van der Waals surface area contributed by atoms with E-state index in [0.717, 1.165) is 13.0 Å². The van der Waals surface area contributed by atoms with E-state index in [1.54, 1.807) is 11.7 Å². The van der Waals surface area contributed by atoms with Crippen LogP contribution in [-0.4, -0.2) is 58.4 Å². The predicted molar refractivity (Wildman–Crippen MR) is 72.5 cm³/mol. The predicted octanol–water partition coefficient (Wildman–Crippen LogP) is -1.66. The fourth-order valence-electron chi connectivity index (χ4n) is 1.70. The Bertz CT molecular complexity index is 446. The van der Waals surface area contributed by atoms with Crippen LogP contribution in [0.25, 0.3) is 0 Å². The number of rotatable bonds is 8. The summed E-state index contributed by atoms with van der Waals surface area (Å²) in [5, 5.41) is 10.1. The van der Waals surface area contributed by atoms with Crippen LogP contribution >= 0.6 is 0 Å². The number of hydrazine groups is 1. The molecule has 0 saturated heterocycles. The lowest BCUT2D eigenvalue weighted by atomic mass is 10.3. The third kappa shape index (κ3) is 4.94. The number of nitrogens with one attached hydrogen (secondary N) is 2. The molecule has 4 N–H and O–H groups in total. The number of aromatic nitrogens is 3. The number of amides is 2. The summed E-state index contributed by atoms with van der Waals surface area (Å²) in [7, 11) is 1.61. The summed E-state index contributed by atoms with van der Waals surface area (Å²) in [6, 6.07) is 0. The topological polar surface area (TPSA) is 118 Å². The molecule has 1 aromatic heterocycles. The number of hydrogen-bond acceptors (Lipinski definition) is 6. The van der Waals surface area contributed by atoms with Gasteiger partial charge in [-0.05, 0) is 13.0 Å². The van der Waals surface area contributed by atoms with E-state index < -0.39 is 5.91 Å². The first-order chi connectivity index (χ1) is 9.60. The molecule has 0 radical (unpaired) electrons. The molecular formula is C11H21N7O2. The van der Waals surface area contributed by atoms with Crippen molar-refractivity contribution in [3.63, 3.8) is 0 Å². The first-order valence-corrected chi connectivity index (χ1v) is 6.44. The van der Waals surface area contributed by atoms with Gasteiger partial charge in [0.15, 0.2) is 5.69 Å². The summed E-state index contributed by atoms with van der Waals surface area (Å²) in [6.45, 7) is 4.40. The van der Waals surface area contributed by atoms with Gasteiger partial charge in [0.25, 0.3) is 5.91 Å². The van der Waals surface area contributed by atoms with Gasteiger partial charge >= 0.3 is 0 Å². The summed E-state index contributed by atoms with van der Waals surface area (Å²) in [6.07, 6.45) is 2.47. The molecule has 1 heterocycles. The lowest BCUT2D eigenvalue weighted by Crippen LogP contribution is -2.37. The van der Waals surface area contributed by atoms with Crippen molar-refractivity contribution < 1.29 is 9.59 Å². The largest absolute Gasteiger partial charge is 0.358 e. The number of hydrogen-bond donors (Lipinski definition) is 3. The van der Waals surface area contributed by atoms with Crippen molar-refractivity contribution in [2.45, 2.75) is 19.9 Å². The van der Waals surface area contributed by atoms with Crippen molar-refractivity contribution in [2.75, 3.05) is 26.7 Å². The van der Waals surface area contributed by atoms with Gasteiger partial charge in [0, 0.05) is 13.6 Å². The Morgan fingerprint density at radius 2 is 2.20 bits per heavy atom. The Hall–Kier alpha value is -2.00. The number of likely N-dealkylation sites (N-methyl/N-ethyl adjacent to an activating group) is 1. The van der Waals surface area contributed by atoms with Crippen LogP contribution in [0.15, 0.2) is 6.20 Å². The monoisotopic (exact) mass is 283 g/mol. The average Bonchev–Trinajstić information content (AvgIpc) is 2.92. The van der Waals surface area contributed by atoms with Crippen LogP contribution in [-0.2, 0) is 11.3 Å². The standard InChI is InChI=1S/C11H21N7O2/c1-3-4-17(8-10(19)13-2)5-6-18-7-9(15-16-18)11(20)14-12/h7H,3-6,8,12H2,1-2H3,(H,13,19)(H,14,20). The molecule has 9 heteroatoms. The second-order valence-corrected chi connectivity index (χ2v) is 4.29. The van der Waals surface area contributed by atoms with E-state index in [2.05, 4.69) is 22.6 Å². The molecule has 1 aromatic rings. The highest BCUT2D eigenvalue weighted by Gasteiger charge is 2.11. The van der Waals surface area contributed by atoms with E-state index in [0.29, 0.717) is 19.6 Å². The summed E-state index contributed by atoms with van der Waals surface area (Å²) in [4.78, 5) is 24.6. The van der Waals surface area contributed by atoms with Gasteiger partial charge in [-0.1, -0.05) is 12.1 Å². The summed E-state index contributed by atoms with van der Waals surface area (Å²) >= 11 is 0. The van der Waals surface area contributed by atoms with Crippen LogP contribution in [0, 0.1) is 0 Å². The molecule has 9 nitrogen and oxygen atoms in total. The number of nitrogens with zero attached hydrogens (tertiary/aromatic N) is 4. The number of nitrogens with two attached hydrogens (primary N) is 1. The van der Waals surface area contributed by atoms with Crippen LogP contribution in [0.3, 0.4) is 0 Å². The van der Waals surface area contributed by atoms with Crippen LogP contribution < -0.4 is 16.6 Å². The highest BCUT2D eigenvalue weighted by Crippen LogP contribution is 1.96. The van der Waals surface area contributed by atoms with E-state index in [1.165, 1.54) is 6.20 Å². The molecule has 0 bridgehead atoms. The van der Waals surface area contributed by atoms with Crippen LogP contribution in [0.4, 0.5) is 0 Å². The maximum Gasteiger partial charge on any atom is 0.287 e. The van der Waals surface area contributed by atoms with E-state index >= 15 is 0 Å². The molecule has 2 amide bonds. The van der Waals surface area contributed by atoms with Gasteiger partial charge in [0.1, 0.15) is 0 Å². The highest BCUT2D eigenvalue weighted by molar-refractivity contribution is 5.91. The molecule has 0 aliphatic rings. The molecule has 0 unspecified atom stereocenters. The lowest BCUT2D eigenvalue weighted by Gasteiger charge is -2.20. The van der Waals surface area contributed by atoms with Crippen molar-refractivity contribution in [2.24, 2.45) is 5.84 Å². The summed E-state index contributed by atoms with van der Waals surface area (Å²) in [5.41, 5.74) is 2.16. The lowest BCUT2D eigenvalue weighted by molar-refractivity contribution is -0.121. The molecule has 0 spiro atoms. The van der Waals surface area contributed by atoms with Crippen LogP contribution in [0.5, 0.6) is 0 Å². The van der Waals surface area contributed by atoms with Crippen molar-refractivity contribution in [3.05, 3.63) is 11.9 Å². The normalized spacial score (nSPS) is 10.6. The van der Waals surface area contributed by atoms with Gasteiger partial charge in [-0.2, -0.15) is 0 Å². The molecule has 0 atom stereocenters. The van der Waals surface area contributed by atoms with Gasteiger partial charge in [0.2, 0.25) is 5.91 Å². The Kier molecular flexibility index (Phi) is 6.60. The Morgan fingerprint density at radius 3 is 2.80 bits per heavy atom. The Morgan fingerprint density at radius 1 is 1.45 bits per heavy atom. The Labute approximate surface area is 117 Å². The molecule has 0 aliphatic heterocycles. The first-order valence-electron chi connectivity index (χ1n) is 6.44. The summed E-state index contributed by atoms with van der Waals surface area (Å²) < 4.78 is 1.55. The maximum absolute atomic E-state index is 11.4. The molecule has 112 valence electrons. The minimum atomic E-state index is -0.480. The minimum Gasteiger partial charge on any atom is -0.358 e. The molecule has 0 fully saturated rings. The number of carbonyl (C=O) groups excluding carboxylic acids is 2. The minimum absolute atomic E-state index is 0.0276. The fourth-order valence-corrected chi connectivity index (χ4v) is 1.70. The van der Waals surface area contributed by atoms with Crippen LogP contribution in [0.1, 0.15) is 23.8 Å². The van der Waals surface area contributed by atoms with Gasteiger partial charge in [0.05, 0.1) is 19.3 Å². The smallest absolute Gasteiger partial charge is 0.287 e. The van der Waals surface area contributed by atoms with Crippen molar-refractivity contribution in [1.29, 1.82) is 0 Å². The van der Waals surface area contributed by atoms with Crippen LogP contribution in [0.2, 0.25) is 0 Å². The molecule has 1 rings (SSSR count). The third-order valence-corrected chi connectivity index (χ3v) is 2.73. The first kappa shape index (κ1) is 16.1. The fraction of sp³-hybridized carbons (Fsp3) is 0.636. The van der Waals surface area contributed by atoms with Crippen molar-refractivity contribution >= 4 is 11.8 Å². The van der Waals surface area contributed by atoms with E-state index in [4.69, 9.17) is 5.84 Å². The van der Waals surface area contributed by atoms with Gasteiger partial charge in [-0.3, -0.25) is 24.6 Å². The van der Waals surface area contributed by atoms with E-state index in [1.807, 2.05) is 10.3 Å². The maximum atomic E-state index is 11.4. The molecule has 0 aromatic carbocycles. The highest BCUT2D eigenvalue weighted by atomic mass is 16.2. The molecule has 20 heavy (non-hydrogen) atoms. The van der Waals surface area contributed by atoms with E-state index in [9.17, 15) is 9.59 Å².